The van der Waals surface area contributed by atoms with E-state index in [4.69, 9.17) is 5.73 Å². The number of carbonyl (C=O) groups excluding carboxylic acids is 7. The highest BCUT2D eigenvalue weighted by molar-refractivity contribution is 5.98. The Morgan fingerprint density at radius 3 is 1.45 bits per heavy atom. The van der Waals surface area contributed by atoms with Crippen molar-refractivity contribution >= 4 is 47.3 Å². The van der Waals surface area contributed by atoms with Gasteiger partial charge in [-0.1, -0.05) is 69.2 Å². The van der Waals surface area contributed by atoms with Crippen molar-refractivity contribution in [1.82, 2.24) is 46.4 Å². The summed E-state index contributed by atoms with van der Waals surface area (Å²) >= 11 is 0. The number of amides is 7. The number of rotatable bonds is 25. The number of nitrogens with two attached hydrogens (primary N) is 1. The molecular weight excluding hydrogens is 837 g/mol. The van der Waals surface area contributed by atoms with Gasteiger partial charge in [0.25, 0.3) is 0 Å². The molecule has 19 heteroatoms. The molecule has 7 amide bonds. The van der Waals surface area contributed by atoms with E-state index in [9.17, 15) is 43.5 Å². The van der Waals surface area contributed by atoms with E-state index in [-0.39, 0.29) is 74.8 Å². The first kappa shape index (κ1) is 54.3. The van der Waals surface area contributed by atoms with Crippen molar-refractivity contribution in [3.63, 3.8) is 0 Å². The molecule has 2 aliphatic rings. The van der Waals surface area contributed by atoms with Crippen LogP contribution in [0.3, 0.4) is 0 Å². The monoisotopic (exact) mass is 915 g/mol. The fourth-order valence-electron chi connectivity index (χ4n) is 8.59. The number of imidazole rings is 1. The van der Waals surface area contributed by atoms with Crippen LogP contribution in [0, 0.1) is 29.6 Å². The number of likely N-dealkylation sites (tertiary alicyclic amines) is 2. The molecule has 65 heavy (non-hydrogen) atoms. The number of carbonyl (C=O) groups is 8. The highest BCUT2D eigenvalue weighted by Crippen LogP contribution is 2.24. The van der Waals surface area contributed by atoms with Gasteiger partial charge in [0.2, 0.25) is 41.4 Å². The SMILES string of the molecule is CC(C)C[C@H](NC(=O)[C@H](CC(C)C)NC(=O)[C@@H]1CCCN1C(=O)[C@H](CC(C)C)NC(=O)[C@@H]1CCCN1C(=O)[C@H](CC(C)C)NC(=O)[C@H](Cc1cnc[nH]1)NC(=O)[C@@H](N)CC(C)C)C(=O)O. The number of carboxylic acids is 1. The second-order valence-electron chi connectivity index (χ2n) is 20.1. The third-order valence-electron chi connectivity index (χ3n) is 11.7. The van der Waals surface area contributed by atoms with Crippen LogP contribution in [0.25, 0.3) is 0 Å². The minimum absolute atomic E-state index is 0.00281. The van der Waals surface area contributed by atoms with Gasteiger partial charge in [0.05, 0.1) is 12.4 Å². The van der Waals surface area contributed by atoms with Crippen molar-refractivity contribution in [3.8, 4) is 0 Å². The summed E-state index contributed by atoms with van der Waals surface area (Å²) in [5, 5.41) is 23.7. The first-order chi connectivity index (χ1) is 30.5. The summed E-state index contributed by atoms with van der Waals surface area (Å²) in [7, 11) is 0. The summed E-state index contributed by atoms with van der Waals surface area (Å²) in [6.45, 7) is 19.5. The normalized spacial score (nSPS) is 19.2. The van der Waals surface area contributed by atoms with Crippen LogP contribution in [-0.2, 0) is 44.8 Å². The highest BCUT2D eigenvalue weighted by Gasteiger charge is 2.43. The zero-order chi connectivity index (χ0) is 48.7. The van der Waals surface area contributed by atoms with Crippen LogP contribution in [0.4, 0.5) is 0 Å². The number of aliphatic carboxylic acids is 1. The Bertz CT molecular complexity index is 1770. The van der Waals surface area contributed by atoms with Gasteiger partial charge in [0.1, 0.15) is 42.3 Å². The summed E-state index contributed by atoms with van der Waals surface area (Å²) in [5.74, 6) is -4.86. The maximum Gasteiger partial charge on any atom is 0.326 e. The fourth-order valence-corrected chi connectivity index (χ4v) is 8.59. The van der Waals surface area contributed by atoms with E-state index in [1.165, 1.54) is 16.1 Å². The lowest BCUT2D eigenvalue weighted by Crippen LogP contribution is -2.60. The number of H-pyrrole nitrogens is 1. The van der Waals surface area contributed by atoms with E-state index >= 15 is 0 Å². The van der Waals surface area contributed by atoms with Crippen molar-refractivity contribution in [2.24, 2.45) is 35.3 Å². The molecule has 0 unspecified atom stereocenters. The van der Waals surface area contributed by atoms with Crippen LogP contribution in [0.1, 0.15) is 133 Å². The van der Waals surface area contributed by atoms with E-state index in [2.05, 4.69) is 36.6 Å². The van der Waals surface area contributed by atoms with E-state index in [0.717, 1.165) is 0 Å². The molecule has 2 aliphatic heterocycles. The summed E-state index contributed by atoms with van der Waals surface area (Å²) in [5.41, 5.74) is 6.74. The van der Waals surface area contributed by atoms with Gasteiger partial charge < -0.3 is 52.2 Å². The molecule has 366 valence electrons. The molecule has 3 rings (SSSR count). The van der Waals surface area contributed by atoms with Crippen molar-refractivity contribution in [1.29, 1.82) is 0 Å². The lowest BCUT2D eigenvalue weighted by Gasteiger charge is -2.33. The van der Waals surface area contributed by atoms with Gasteiger partial charge in [0.15, 0.2) is 0 Å². The smallest absolute Gasteiger partial charge is 0.326 e. The van der Waals surface area contributed by atoms with Gasteiger partial charge in [-0.15, -0.1) is 0 Å². The van der Waals surface area contributed by atoms with Gasteiger partial charge >= 0.3 is 5.97 Å². The lowest BCUT2D eigenvalue weighted by molar-refractivity contribution is -0.145. The Hall–Kier alpha value is -5.07. The predicted octanol–water partition coefficient (Wildman–Crippen LogP) is 2.00. The quantitative estimate of drug-likeness (QED) is 0.0703. The van der Waals surface area contributed by atoms with Crippen molar-refractivity contribution in [2.75, 3.05) is 13.1 Å². The van der Waals surface area contributed by atoms with Gasteiger partial charge in [-0.2, -0.15) is 0 Å². The van der Waals surface area contributed by atoms with Gasteiger partial charge in [-0.25, -0.2) is 9.78 Å². The number of aromatic nitrogens is 2. The zero-order valence-corrected chi connectivity index (χ0v) is 40.3. The first-order valence-corrected chi connectivity index (χ1v) is 23.6. The topological polar surface area (TPSA) is 278 Å². The van der Waals surface area contributed by atoms with Crippen LogP contribution in [0.2, 0.25) is 0 Å². The van der Waals surface area contributed by atoms with Crippen LogP contribution in [0.5, 0.6) is 0 Å². The molecule has 2 fully saturated rings. The molecular formula is C46H78N10O9. The number of hydrogen-bond donors (Lipinski definition) is 8. The van der Waals surface area contributed by atoms with Gasteiger partial charge in [0, 0.05) is 31.4 Å². The Kier molecular flexibility index (Phi) is 21.4. The highest BCUT2D eigenvalue weighted by atomic mass is 16.4. The molecule has 9 N–H and O–H groups in total. The van der Waals surface area contributed by atoms with Crippen LogP contribution in [-0.4, -0.2) is 134 Å². The van der Waals surface area contributed by atoms with E-state index in [0.29, 0.717) is 37.8 Å². The summed E-state index contributed by atoms with van der Waals surface area (Å²) in [6, 6.07) is -8.04. The average molecular weight is 915 g/mol. The molecule has 1 aromatic heterocycles. The molecule has 2 saturated heterocycles. The van der Waals surface area contributed by atoms with Crippen LogP contribution in [0.15, 0.2) is 12.5 Å². The summed E-state index contributed by atoms with van der Waals surface area (Å²) in [4.78, 5) is 119. The summed E-state index contributed by atoms with van der Waals surface area (Å²) < 4.78 is 0. The number of nitrogens with one attached hydrogen (secondary N) is 6. The molecule has 0 bridgehead atoms. The third-order valence-corrected chi connectivity index (χ3v) is 11.7. The second-order valence-corrected chi connectivity index (χ2v) is 20.1. The number of nitrogens with zero attached hydrogens (tertiary/aromatic N) is 3. The molecule has 0 saturated carbocycles. The van der Waals surface area contributed by atoms with Crippen molar-refractivity contribution in [2.45, 2.75) is 182 Å². The molecule has 0 radical (unpaired) electrons. The van der Waals surface area contributed by atoms with Gasteiger partial charge in [-0.3, -0.25) is 33.6 Å². The van der Waals surface area contributed by atoms with Crippen LogP contribution >= 0.6 is 0 Å². The maximum atomic E-state index is 14.4. The molecule has 0 aromatic carbocycles. The lowest BCUT2D eigenvalue weighted by atomic mass is 9.99. The molecule has 8 atom stereocenters. The maximum absolute atomic E-state index is 14.4. The Morgan fingerprint density at radius 2 is 1.00 bits per heavy atom. The molecule has 3 heterocycles. The average Bonchev–Trinajstić information content (AvgIpc) is 4.01. The van der Waals surface area contributed by atoms with Crippen molar-refractivity contribution in [3.05, 3.63) is 18.2 Å². The van der Waals surface area contributed by atoms with E-state index in [1.807, 2.05) is 69.2 Å². The largest absolute Gasteiger partial charge is 0.480 e. The number of aromatic amines is 1. The number of hydrogen-bond acceptors (Lipinski definition) is 10. The molecule has 0 aliphatic carbocycles. The molecule has 0 spiro atoms. The van der Waals surface area contributed by atoms with Crippen LogP contribution < -0.4 is 32.3 Å². The fraction of sp³-hybridized carbons (Fsp3) is 0.761. The third kappa shape index (κ3) is 17.0. The Morgan fingerprint density at radius 1 is 0.600 bits per heavy atom. The zero-order valence-electron chi connectivity index (χ0n) is 40.3. The van der Waals surface area contributed by atoms with E-state index < -0.39 is 95.7 Å². The standard InChI is InChI=1S/C46H78N10O9/c1-25(2)17-31(47)39(57)50-33(22-30-23-48-24-49-30)41(59)52-34(19-27(5)6)44(62)56-16-12-14-38(56)43(61)53-35(20-28(7)8)45(63)55-15-11-13-37(55)42(60)51-32(18-26(3)4)40(58)54-36(46(64)65)21-29(9)10/h23-29,31-38H,11-22,47H2,1-10H3,(H,48,49)(H,50,57)(H,51,60)(H,52,59)(H,53,61)(H,54,58)(H,64,65)/t31-,32-,33-,34-,35-,36-,37-,38-/m0/s1. The minimum atomic E-state index is -1.17. The van der Waals surface area contributed by atoms with E-state index in [1.54, 1.807) is 6.20 Å². The molecule has 19 nitrogen and oxygen atoms in total. The first-order valence-electron chi connectivity index (χ1n) is 23.6. The van der Waals surface area contributed by atoms with Gasteiger partial charge in [-0.05, 0) is 87.4 Å². The second kappa shape index (κ2) is 25.6. The summed E-state index contributed by atoms with van der Waals surface area (Å²) in [6.07, 6.45) is 6.08. The predicted molar refractivity (Wildman–Crippen MR) is 244 cm³/mol. The number of carboxylic acid groups (broad SMARTS) is 1. The Balaban J connectivity index is 1.80. The van der Waals surface area contributed by atoms with Crippen molar-refractivity contribution < 1.29 is 43.5 Å². The molecule has 1 aromatic rings. The minimum Gasteiger partial charge on any atom is -0.480 e. The Labute approximate surface area is 384 Å².